The Balaban J connectivity index is 1.35. The third kappa shape index (κ3) is 3.30. The van der Waals surface area contributed by atoms with Crippen molar-refractivity contribution in [2.75, 3.05) is 0 Å². The van der Waals surface area contributed by atoms with Crippen LogP contribution in [0.3, 0.4) is 0 Å². The fraction of sp³-hybridized carbons (Fsp3) is 0. The van der Waals surface area contributed by atoms with Crippen LogP contribution in [0, 0.1) is 0 Å². The highest BCUT2D eigenvalue weighted by Gasteiger charge is 2.19. The second-order valence-electron chi connectivity index (χ2n) is 10.5. The Morgan fingerprint density at radius 2 is 0.625 bits per heavy atom. The van der Waals surface area contributed by atoms with Crippen LogP contribution in [0.15, 0.2) is 133 Å². The Morgan fingerprint density at radius 1 is 0.300 bits per heavy atom. The van der Waals surface area contributed by atoms with Crippen molar-refractivity contribution in [2.24, 2.45) is 0 Å². The van der Waals surface area contributed by atoms with Crippen LogP contribution < -0.4 is 0 Å². The van der Waals surface area contributed by atoms with Crippen LogP contribution in [-0.4, -0.2) is 0 Å². The summed E-state index contributed by atoms with van der Waals surface area (Å²) in [4.78, 5) is 2.65. The molecule has 0 spiro atoms. The zero-order valence-corrected chi connectivity index (χ0v) is 23.2. The van der Waals surface area contributed by atoms with Crippen molar-refractivity contribution in [2.45, 2.75) is 0 Å². The van der Waals surface area contributed by atoms with Gasteiger partial charge in [-0.3, -0.25) is 0 Å². The second-order valence-corrected chi connectivity index (χ2v) is 12.7. The molecule has 0 unspecified atom stereocenters. The van der Waals surface area contributed by atoms with Gasteiger partial charge in [-0.2, -0.15) is 0 Å². The highest BCUT2D eigenvalue weighted by Crippen LogP contribution is 2.48. The van der Waals surface area contributed by atoms with Crippen LogP contribution in [0.5, 0.6) is 0 Å². The molecule has 0 aliphatic carbocycles. The summed E-state index contributed by atoms with van der Waals surface area (Å²) in [5.74, 6) is 0. The summed E-state index contributed by atoms with van der Waals surface area (Å²) < 4.78 is 2.67. The quantitative estimate of drug-likeness (QED) is 0.191. The smallest absolute Gasteiger partial charge is 0.0367 e. The van der Waals surface area contributed by atoms with Gasteiger partial charge in [0.05, 0.1) is 0 Å². The highest BCUT2D eigenvalue weighted by molar-refractivity contribution is 7.23. The van der Waals surface area contributed by atoms with Crippen LogP contribution in [0.2, 0.25) is 0 Å². The molecule has 0 saturated carbocycles. The minimum Gasteiger partial charge on any atom is -0.135 e. The van der Waals surface area contributed by atoms with E-state index in [4.69, 9.17) is 0 Å². The number of thiophene rings is 2. The molecule has 0 bridgehead atoms. The maximum Gasteiger partial charge on any atom is 0.0367 e. The molecule has 0 atom stereocenters. The molecule has 0 nitrogen and oxygen atoms in total. The van der Waals surface area contributed by atoms with E-state index in [1.54, 1.807) is 0 Å². The highest BCUT2D eigenvalue weighted by atomic mass is 32.1. The normalized spacial score (nSPS) is 12.0. The van der Waals surface area contributed by atoms with Gasteiger partial charge in [0.25, 0.3) is 0 Å². The summed E-state index contributed by atoms with van der Waals surface area (Å²) in [6, 6.07) is 49.5. The van der Waals surface area contributed by atoms with Crippen molar-refractivity contribution in [1.29, 1.82) is 0 Å². The van der Waals surface area contributed by atoms with Crippen LogP contribution in [0.4, 0.5) is 0 Å². The third-order valence-electron chi connectivity index (χ3n) is 8.19. The van der Waals surface area contributed by atoms with Crippen LogP contribution in [0.25, 0.3) is 84.1 Å². The molecule has 0 radical (unpaired) electrons. The van der Waals surface area contributed by atoms with E-state index in [2.05, 4.69) is 133 Å². The predicted molar refractivity (Wildman–Crippen MR) is 178 cm³/mol. The lowest BCUT2D eigenvalue weighted by atomic mass is 9.90. The van der Waals surface area contributed by atoms with Gasteiger partial charge >= 0.3 is 0 Å². The van der Waals surface area contributed by atoms with Crippen LogP contribution >= 0.6 is 22.7 Å². The van der Waals surface area contributed by atoms with Gasteiger partial charge < -0.3 is 0 Å². The Hall–Kier alpha value is -4.50. The molecule has 0 fully saturated rings. The summed E-state index contributed by atoms with van der Waals surface area (Å²) in [5, 5.41) is 13.1. The molecule has 40 heavy (non-hydrogen) atoms. The van der Waals surface area contributed by atoms with E-state index in [1.165, 1.54) is 84.1 Å². The number of hydrogen-bond acceptors (Lipinski definition) is 2. The van der Waals surface area contributed by atoms with Gasteiger partial charge in [0.15, 0.2) is 0 Å². The van der Waals surface area contributed by atoms with Crippen molar-refractivity contribution in [3.8, 4) is 20.9 Å². The van der Waals surface area contributed by atoms with Gasteiger partial charge in [-0.25, -0.2) is 0 Å². The van der Waals surface area contributed by atoms with E-state index in [-0.39, 0.29) is 0 Å². The lowest BCUT2D eigenvalue weighted by molar-refractivity contribution is 1.75. The van der Waals surface area contributed by atoms with Gasteiger partial charge in [0.2, 0.25) is 0 Å². The summed E-state index contributed by atoms with van der Waals surface area (Å²) in [6.45, 7) is 0. The summed E-state index contributed by atoms with van der Waals surface area (Å²) in [5.41, 5.74) is 2.68. The molecule has 0 amide bonds. The molecule has 2 heterocycles. The molecular weight excluding hydrogens is 521 g/mol. The van der Waals surface area contributed by atoms with Gasteiger partial charge in [-0.1, -0.05) is 97.1 Å². The van der Waals surface area contributed by atoms with Crippen molar-refractivity contribution in [3.05, 3.63) is 133 Å². The largest absolute Gasteiger partial charge is 0.135 e. The third-order valence-corrected chi connectivity index (χ3v) is 10.4. The lowest BCUT2D eigenvalue weighted by Crippen LogP contribution is -1.88. The minimum atomic E-state index is 1.29. The van der Waals surface area contributed by atoms with Gasteiger partial charge in [-0.05, 0) is 90.3 Å². The Kier molecular flexibility index (Phi) is 4.74. The lowest BCUT2D eigenvalue weighted by Gasteiger charge is -2.15. The van der Waals surface area contributed by atoms with Crippen molar-refractivity contribution in [3.63, 3.8) is 0 Å². The topological polar surface area (TPSA) is 0 Å². The molecule has 0 saturated heterocycles. The van der Waals surface area contributed by atoms with Crippen molar-refractivity contribution in [1.82, 2.24) is 0 Å². The first-order chi connectivity index (χ1) is 19.8. The van der Waals surface area contributed by atoms with E-state index < -0.39 is 0 Å². The fourth-order valence-electron chi connectivity index (χ4n) is 6.36. The molecule has 2 aromatic heterocycles. The fourth-order valence-corrected chi connectivity index (χ4v) is 8.69. The molecule has 0 N–H and O–H groups in total. The molecule has 7 aromatic carbocycles. The minimum absolute atomic E-state index is 1.29. The molecule has 2 heteroatoms. The first-order valence-corrected chi connectivity index (χ1v) is 15.2. The Bertz CT molecular complexity index is 2100. The zero-order chi connectivity index (χ0) is 26.2. The molecule has 0 aliphatic rings. The average molecular weight is 543 g/mol. The Morgan fingerprint density at radius 3 is 1.00 bits per heavy atom. The number of benzene rings is 7. The van der Waals surface area contributed by atoms with Gasteiger partial charge in [0, 0.05) is 30.3 Å². The average Bonchev–Trinajstić information content (AvgIpc) is 3.60. The molecule has 0 aliphatic heterocycles. The summed E-state index contributed by atoms with van der Waals surface area (Å²) in [7, 11) is 0. The monoisotopic (exact) mass is 542 g/mol. The van der Waals surface area contributed by atoms with Crippen molar-refractivity contribution >= 4 is 85.9 Å². The number of fused-ring (bicyclic) bond motifs is 6. The van der Waals surface area contributed by atoms with E-state index in [1.807, 2.05) is 22.7 Å². The number of rotatable bonds is 2. The van der Waals surface area contributed by atoms with E-state index in [9.17, 15) is 0 Å². The van der Waals surface area contributed by atoms with E-state index >= 15 is 0 Å². The first-order valence-electron chi connectivity index (χ1n) is 13.6. The van der Waals surface area contributed by atoms with E-state index in [0.29, 0.717) is 0 Å². The first kappa shape index (κ1) is 22.3. The maximum absolute atomic E-state index is 2.39. The predicted octanol–water partition coefficient (Wildman–Crippen LogP) is 12.1. The summed E-state index contributed by atoms with van der Waals surface area (Å²) in [6.07, 6.45) is 0. The molecule has 9 aromatic rings. The van der Waals surface area contributed by atoms with E-state index in [0.717, 1.165) is 0 Å². The number of hydrogen-bond donors (Lipinski definition) is 0. The zero-order valence-electron chi connectivity index (χ0n) is 21.5. The Labute approximate surface area is 239 Å². The van der Waals surface area contributed by atoms with Gasteiger partial charge in [0.1, 0.15) is 0 Å². The molecular formula is C38H22S2. The van der Waals surface area contributed by atoms with Gasteiger partial charge in [-0.15, -0.1) is 22.7 Å². The second kappa shape index (κ2) is 8.50. The SMILES string of the molecule is c1ccc2cc3sc(-c4c5ccccc5c(-c5cc6cc7ccccc7cc6s5)c5ccccc45)cc3cc2c1. The maximum atomic E-state index is 2.39. The standard InChI is InChI=1S/C38H22S2/c1-3-11-25-19-33-27(17-23(25)9-1)21-35(39-33)37-29-13-5-7-15-31(29)38(32-16-8-6-14-30(32)37)36-22-28-18-24-10-2-4-12-26(24)20-34(28)40-36/h1-22H. The van der Waals surface area contributed by atoms with Crippen LogP contribution in [-0.2, 0) is 0 Å². The molecule has 186 valence electrons. The molecule has 9 rings (SSSR count). The summed E-state index contributed by atoms with van der Waals surface area (Å²) >= 11 is 3.81. The van der Waals surface area contributed by atoms with Crippen LogP contribution in [0.1, 0.15) is 0 Å². The van der Waals surface area contributed by atoms with Crippen molar-refractivity contribution < 1.29 is 0 Å².